The van der Waals surface area contributed by atoms with E-state index in [4.69, 9.17) is 0 Å². The summed E-state index contributed by atoms with van der Waals surface area (Å²) in [7, 11) is 0. The fraction of sp³-hybridized carbons (Fsp3) is 0.684. The maximum Gasteiger partial charge on any atom is 0.00817 e. The molecule has 1 aliphatic rings. The Kier molecular flexibility index (Phi) is 6.59. The van der Waals surface area contributed by atoms with Gasteiger partial charge in [-0.15, -0.1) is 0 Å². The molecule has 0 heterocycles. The van der Waals surface area contributed by atoms with Crippen LogP contribution in [0, 0.1) is 5.92 Å². The molecule has 1 aromatic rings. The van der Waals surface area contributed by atoms with Crippen LogP contribution in [0.25, 0.3) is 0 Å². The molecule has 0 bridgehead atoms. The van der Waals surface area contributed by atoms with Crippen LogP contribution in [0.2, 0.25) is 0 Å². The molecular formula is C19H31N. The second-order valence-electron chi connectivity index (χ2n) is 6.62. The summed E-state index contributed by atoms with van der Waals surface area (Å²) in [5.74, 6) is 0.997. The Labute approximate surface area is 125 Å². The van der Waals surface area contributed by atoms with E-state index in [9.17, 15) is 0 Å². The highest BCUT2D eigenvalue weighted by atomic mass is 14.9. The quantitative estimate of drug-likeness (QED) is 0.723. The zero-order valence-electron chi connectivity index (χ0n) is 13.3. The summed E-state index contributed by atoms with van der Waals surface area (Å²) in [5.41, 5.74) is 1.45. The van der Waals surface area contributed by atoms with E-state index in [-0.39, 0.29) is 0 Å². The Hall–Kier alpha value is -0.820. The van der Waals surface area contributed by atoms with Gasteiger partial charge >= 0.3 is 0 Å². The SMILES string of the molecule is CCCC1CCCC(NC(C)Cc2ccccc2)CC1. The number of nitrogens with one attached hydrogen (secondary N) is 1. The van der Waals surface area contributed by atoms with Crippen molar-refractivity contribution in [3.05, 3.63) is 35.9 Å². The average Bonchev–Trinajstić information content (AvgIpc) is 2.66. The van der Waals surface area contributed by atoms with Crippen molar-refractivity contribution in [1.82, 2.24) is 5.32 Å². The van der Waals surface area contributed by atoms with E-state index in [0.717, 1.165) is 18.4 Å². The second kappa shape index (κ2) is 8.46. The van der Waals surface area contributed by atoms with Gasteiger partial charge in [0, 0.05) is 12.1 Å². The predicted molar refractivity (Wildman–Crippen MR) is 88.0 cm³/mol. The van der Waals surface area contributed by atoms with Gasteiger partial charge in [-0.05, 0) is 44.1 Å². The summed E-state index contributed by atoms with van der Waals surface area (Å²) in [6, 6.07) is 12.2. The molecule has 1 fully saturated rings. The molecule has 0 spiro atoms. The topological polar surface area (TPSA) is 12.0 Å². The summed E-state index contributed by atoms with van der Waals surface area (Å²) in [5, 5.41) is 3.87. The Morgan fingerprint density at radius 3 is 2.65 bits per heavy atom. The summed E-state index contributed by atoms with van der Waals surface area (Å²) in [4.78, 5) is 0. The summed E-state index contributed by atoms with van der Waals surface area (Å²) >= 11 is 0. The molecule has 1 aromatic carbocycles. The number of benzene rings is 1. The molecule has 0 radical (unpaired) electrons. The highest BCUT2D eigenvalue weighted by molar-refractivity contribution is 5.15. The lowest BCUT2D eigenvalue weighted by Gasteiger charge is -2.22. The third-order valence-corrected chi connectivity index (χ3v) is 4.69. The largest absolute Gasteiger partial charge is 0.311 e. The van der Waals surface area contributed by atoms with E-state index >= 15 is 0 Å². The fourth-order valence-corrected chi connectivity index (χ4v) is 3.67. The first kappa shape index (κ1) is 15.6. The molecule has 3 atom stereocenters. The highest BCUT2D eigenvalue weighted by Crippen LogP contribution is 2.27. The van der Waals surface area contributed by atoms with E-state index in [0.29, 0.717) is 6.04 Å². The second-order valence-corrected chi connectivity index (χ2v) is 6.62. The van der Waals surface area contributed by atoms with Crippen molar-refractivity contribution in [3.8, 4) is 0 Å². The highest BCUT2D eigenvalue weighted by Gasteiger charge is 2.19. The lowest BCUT2D eigenvalue weighted by atomic mass is 9.95. The average molecular weight is 273 g/mol. The molecule has 1 nitrogen and oxygen atoms in total. The van der Waals surface area contributed by atoms with E-state index in [1.54, 1.807) is 0 Å². The van der Waals surface area contributed by atoms with Crippen LogP contribution in [0.15, 0.2) is 30.3 Å². The van der Waals surface area contributed by atoms with Crippen LogP contribution in [0.5, 0.6) is 0 Å². The lowest BCUT2D eigenvalue weighted by molar-refractivity contribution is 0.388. The molecule has 112 valence electrons. The van der Waals surface area contributed by atoms with E-state index < -0.39 is 0 Å². The van der Waals surface area contributed by atoms with Gasteiger partial charge in [-0.2, -0.15) is 0 Å². The molecule has 0 aliphatic heterocycles. The first-order chi connectivity index (χ1) is 9.78. The van der Waals surface area contributed by atoms with Gasteiger partial charge in [-0.25, -0.2) is 0 Å². The third kappa shape index (κ3) is 5.28. The van der Waals surface area contributed by atoms with Gasteiger partial charge in [0.25, 0.3) is 0 Å². The monoisotopic (exact) mass is 273 g/mol. The van der Waals surface area contributed by atoms with E-state index in [2.05, 4.69) is 49.5 Å². The van der Waals surface area contributed by atoms with Gasteiger partial charge in [0.15, 0.2) is 0 Å². The smallest absolute Gasteiger partial charge is 0.00817 e. The maximum absolute atomic E-state index is 3.87. The Morgan fingerprint density at radius 2 is 1.90 bits per heavy atom. The summed E-state index contributed by atoms with van der Waals surface area (Å²) in [6.07, 6.45) is 11.0. The van der Waals surface area contributed by atoms with Gasteiger partial charge in [-0.3, -0.25) is 0 Å². The molecule has 2 rings (SSSR count). The van der Waals surface area contributed by atoms with Crippen LogP contribution in [0.4, 0.5) is 0 Å². The molecule has 1 saturated carbocycles. The minimum Gasteiger partial charge on any atom is -0.311 e. The van der Waals surface area contributed by atoms with Gasteiger partial charge in [0.1, 0.15) is 0 Å². The van der Waals surface area contributed by atoms with Crippen LogP contribution in [0.3, 0.4) is 0 Å². The van der Waals surface area contributed by atoms with Gasteiger partial charge in [0.2, 0.25) is 0 Å². The molecule has 3 unspecified atom stereocenters. The van der Waals surface area contributed by atoms with Crippen LogP contribution in [0.1, 0.15) is 64.4 Å². The Morgan fingerprint density at radius 1 is 1.10 bits per heavy atom. The predicted octanol–water partition coefficient (Wildman–Crippen LogP) is 4.96. The van der Waals surface area contributed by atoms with Crippen LogP contribution in [-0.2, 0) is 6.42 Å². The molecule has 0 amide bonds. The van der Waals surface area contributed by atoms with E-state index in [1.807, 2.05) is 0 Å². The van der Waals surface area contributed by atoms with Crippen LogP contribution in [-0.4, -0.2) is 12.1 Å². The zero-order chi connectivity index (χ0) is 14.2. The molecule has 0 aromatic heterocycles. The Balaban J connectivity index is 1.75. The molecule has 1 aliphatic carbocycles. The molecule has 1 heteroatoms. The number of hydrogen-bond donors (Lipinski definition) is 1. The minimum atomic E-state index is 0.588. The van der Waals surface area contributed by atoms with Crippen molar-refractivity contribution in [1.29, 1.82) is 0 Å². The Bertz CT molecular complexity index is 359. The first-order valence-electron chi connectivity index (χ1n) is 8.58. The number of hydrogen-bond acceptors (Lipinski definition) is 1. The van der Waals surface area contributed by atoms with Crippen molar-refractivity contribution in [2.24, 2.45) is 5.92 Å². The molecule has 0 saturated heterocycles. The summed E-state index contributed by atoms with van der Waals surface area (Å²) < 4.78 is 0. The van der Waals surface area contributed by atoms with Gasteiger partial charge in [-0.1, -0.05) is 62.9 Å². The van der Waals surface area contributed by atoms with Crippen LogP contribution < -0.4 is 5.32 Å². The van der Waals surface area contributed by atoms with Crippen molar-refractivity contribution < 1.29 is 0 Å². The zero-order valence-corrected chi connectivity index (χ0v) is 13.3. The van der Waals surface area contributed by atoms with Crippen molar-refractivity contribution in [2.75, 3.05) is 0 Å². The molecule has 20 heavy (non-hydrogen) atoms. The minimum absolute atomic E-state index is 0.588. The van der Waals surface area contributed by atoms with Gasteiger partial charge in [0.05, 0.1) is 0 Å². The normalized spacial score (nSPS) is 25.1. The van der Waals surface area contributed by atoms with Crippen LogP contribution >= 0.6 is 0 Å². The lowest BCUT2D eigenvalue weighted by Crippen LogP contribution is -2.37. The van der Waals surface area contributed by atoms with Crippen molar-refractivity contribution in [3.63, 3.8) is 0 Å². The first-order valence-corrected chi connectivity index (χ1v) is 8.58. The van der Waals surface area contributed by atoms with Crippen molar-refractivity contribution in [2.45, 2.75) is 77.3 Å². The summed E-state index contributed by atoms with van der Waals surface area (Å²) in [6.45, 7) is 4.66. The number of rotatable bonds is 6. The fourth-order valence-electron chi connectivity index (χ4n) is 3.67. The molecule has 1 N–H and O–H groups in total. The third-order valence-electron chi connectivity index (χ3n) is 4.69. The van der Waals surface area contributed by atoms with Crippen molar-refractivity contribution >= 4 is 0 Å². The van der Waals surface area contributed by atoms with Gasteiger partial charge < -0.3 is 5.32 Å². The molecular weight excluding hydrogens is 242 g/mol. The van der Waals surface area contributed by atoms with E-state index in [1.165, 1.54) is 50.5 Å². The standard InChI is InChI=1S/C19H31N/c1-3-8-17-11-7-12-19(14-13-17)20-16(2)15-18-9-5-4-6-10-18/h4-6,9-10,16-17,19-20H,3,7-8,11-15H2,1-2H3. The maximum atomic E-state index is 3.87.